The number of hydrogen-bond acceptors (Lipinski definition) is 2. The van der Waals surface area contributed by atoms with Crippen molar-refractivity contribution in [3.05, 3.63) is 99.4 Å². The van der Waals surface area contributed by atoms with Crippen LogP contribution in [0.25, 0.3) is 0 Å². The molecule has 1 heterocycles. The monoisotopic (exact) mass is 324 g/mol. The fourth-order valence-electron chi connectivity index (χ4n) is 2.36. The van der Waals surface area contributed by atoms with E-state index < -0.39 is 0 Å². The highest BCUT2D eigenvalue weighted by Crippen LogP contribution is 2.11. The number of benzene rings is 2. The molecular weight excluding hydrogens is 308 g/mol. The van der Waals surface area contributed by atoms with Gasteiger partial charge in [-0.1, -0.05) is 48.0 Å². The van der Waals surface area contributed by atoms with Gasteiger partial charge in [0, 0.05) is 29.5 Å². The third kappa shape index (κ3) is 4.24. The van der Waals surface area contributed by atoms with Gasteiger partial charge in [0.1, 0.15) is 0 Å². The molecule has 0 saturated heterocycles. The van der Waals surface area contributed by atoms with Gasteiger partial charge in [-0.2, -0.15) is 0 Å². The maximum Gasteiger partial charge on any atom is 0.250 e. The van der Waals surface area contributed by atoms with E-state index >= 15 is 0 Å². The maximum absolute atomic E-state index is 12.0. The lowest BCUT2D eigenvalue weighted by atomic mass is 10.2. The van der Waals surface area contributed by atoms with Crippen molar-refractivity contribution in [2.24, 2.45) is 0 Å². The van der Waals surface area contributed by atoms with E-state index in [0.29, 0.717) is 18.1 Å². The number of para-hydroxylation sites is 1. The van der Waals surface area contributed by atoms with E-state index in [-0.39, 0.29) is 5.56 Å². The molecule has 3 aromatic rings. The minimum atomic E-state index is -0.0107. The number of halogens is 1. The Hall–Kier alpha value is -2.52. The highest BCUT2D eigenvalue weighted by Gasteiger charge is 2.01. The van der Waals surface area contributed by atoms with Crippen LogP contribution in [0.2, 0.25) is 5.02 Å². The van der Waals surface area contributed by atoms with E-state index in [0.717, 1.165) is 16.8 Å². The van der Waals surface area contributed by atoms with Crippen molar-refractivity contribution < 1.29 is 0 Å². The van der Waals surface area contributed by atoms with Gasteiger partial charge < -0.3 is 9.88 Å². The normalized spacial score (nSPS) is 10.5. The fraction of sp³-hybridized carbons (Fsp3) is 0.105. The molecule has 0 aliphatic carbocycles. The smallest absolute Gasteiger partial charge is 0.250 e. The van der Waals surface area contributed by atoms with E-state index in [1.165, 1.54) is 0 Å². The molecule has 3 rings (SSSR count). The number of rotatable bonds is 5. The van der Waals surface area contributed by atoms with Crippen LogP contribution in [0.15, 0.2) is 77.7 Å². The molecule has 0 amide bonds. The molecule has 1 N–H and O–H groups in total. The van der Waals surface area contributed by atoms with Crippen molar-refractivity contribution in [2.75, 3.05) is 5.32 Å². The second-order valence-corrected chi connectivity index (χ2v) is 5.79. The Morgan fingerprint density at radius 1 is 0.870 bits per heavy atom. The molecule has 4 heteroatoms. The standard InChI is InChI=1S/C19H17ClN2O/c20-17-9-6-15(7-10-17)13-22-14-16(8-11-19(22)23)12-21-18-4-2-1-3-5-18/h1-11,14,21H,12-13H2. The van der Waals surface area contributed by atoms with Crippen molar-refractivity contribution >= 4 is 17.3 Å². The SMILES string of the molecule is O=c1ccc(CNc2ccccc2)cn1Cc1ccc(Cl)cc1. The van der Waals surface area contributed by atoms with Gasteiger partial charge in [0.15, 0.2) is 0 Å². The van der Waals surface area contributed by atoms with Crippen LogP contribution in [-0.4, -0.2) is 4.57 Å². The average molecular weight is 325 g/mol. The maximum atomic E-state index is 12.0. The molecule has 0 aliphatic rings. The van der Waals surface area contributed by atoms with Crippen molar-refractivity contribution in [1.82, 2.24) is 4.57 Å². The van der Waals surface area contributed by atoms with Crippen molar-refractivity contribution in [2.45, 2.75) is 13.1 Å². The van der Waals surface area contributed by atoms with Gasteiger partial charge in [-0.3, -0.25) is 4.79 Å². The molecule has 2 aromatic carbocycles. The van der Waals surface area contributed by atoms with E-state index in [2.05, 4.69) is 5.32 Å². The lowest BCUT2D eigenvalue weighted by molar-refractivity contribution is 0.750. The summed E-state index contributed by atoms with van der Waals surface area (Å²) in [5.74, 6) is 0. The zero-order valence-electron chi connectivity index (χ0n) is 12.6. The van der Waals surface area contributed by atoms with Crippen LogP contribution in [0, 0.1) is 0 Å². The molecule has 0 spiro atoms. The number of aromatic nitrogens is 1. The number of hydrogen-bond donors (Lipinski definition) is 1. The highest BCUT2D eigenvalue weighted by atomic mass is 35.5. The second kappa shape index (κ2) is 7.16. The van der Waals surface area contributed by atoms with E-state index in [4.69, 9.17) is 11.6 Å². The van der Waals surface area contributed by atoms with Gasteiger partial charge >= 0.3 is 0 Å². The number of nitrogens with one attached hydrogen (secondary N) is 1. The van der Waals surface area contributed by atoms with Crippen molar-refractivity contribution in [1.29, 1.82) is 0 Å². The van der Waals surface area contributed by atoms with Crippen LogP contribution < -0.4 is 10.9 Å². The zero-order chi connectivity index (χ0) is 16.1. The Morgan fingerprint density at radius 3 is 2.30 bits per heavy atom. The summed E-state index contributed by atoms with van der Waals surface area (Å²) in [6.07, 6.45) is 1.90. The molecule has 116 valence electrons. The van der Waals surface area contributed by atoms with E-state index in [1.54, 1.807) is 10.6 Å². The first kappa shape index (κ1) is 15.4. The van der Waals surface area contributed by atoms with E-state index in [1.807, 2.05) is 66.9 Å². The van der Waals surface area contributed by atoms with Gasteiger partial charge in [0.2, 0.25) is 0 Å². The Bertz CT molecular complexity index is 826. The molecule has 1 aromatic heterocycles. The molecule has 0 aliphatic heterocycles. The Labute approximate surface area is 140 Å². The summed E-state index contributed by atoms with van der Waals surface area (Å²) in [6.45, 7) is 1.21. The van der Waals surface area contributed by atoms with Gasteiger partial charge in [0.25, 0.3) is 5.56 Å². The summed E-state index contributed by atoms with van der Waals surface area (Å²) in [5.41, 5.74) is 3.15. The predicted molar refractivity (Wildman–Crippen MR) is 95.0 cm³/mol. The lowest BCUT2D eigenvalue weighted by Crippen LogP contribution is -2.20. The summed E-state index contributed by atoms with van der Waals surface area (Å²) < 4.78 is 1.71. The molecule has 0 fully saturated rings. The number of pyridine rings is 1. The summed E-state index contributed by atoms with van der Waals surface area (Å²) in [5, 5.41) is 4.04. The molecule has 0 bridgehead atoms. The van der Waals surface area contributed by atoms with Crippen molar-refractivity contribution in [3.8, 4) is 0 Å². The predicted octanol–water partition coefficient (Wildman–Crippen LogP) is 4.16. The third-order valence-electron chi connectivity index (χ3n) is 3.58. The van der Waals surface area contributed by atoms with Gasteiger partial charge in [-0.05, 0) is 35.4 Å². The summed E-state index contributed by atoms with van der Waals surface area (Å²) in [7, 11) is 0. The summed E-state index contributed by atoms with van der Waals surface area (Å²) in [6, 6.07) is 21.0. The van der Waals surface area contributed by atoms with Gasteiger partial charge in [-0.15, -0.1) is 0 Å². The highest BCUT2D eigenvalue weighted by molar-refractivity contribution is 6.30. The van der Waals surface area contributed by atoms with Crippen LogP contribution in [0.1, 0.15) is 11.1 Å². The topological polar surface area (TPSA) is 34.0 Å². The fourth-order valence-corrected chi connectivity index (χ4v) is 2.48. The lowest BCUT2D eigenvalue weighted by Gasteiger charge is -2.10. The average Bonchev–Trinajstić information content (AvgIpc) is 2.58. The Morgan fingerprint density at radius 2 is 1.57 bits per heavy atom. The summed E-state index contributed by atoms with van der Waals surface area (Å²) >= 11 is 5.89. The third-order valence-corrected chi connectivity index (χ3v) is 3.83. The molecule has 0 unspecified atom stereocenters. The quantitative estimate of drug-likeness (QED) is 0.764. The second-order valence-electron chi connectivity index (χ2n) is 5.35. The van der Waals surface area contributed by atoms with Crippen molar-refractivity contribution in [3.63, 3.8) is 0 Å². The summed E-state index contributed by atoms with van der Waals surface area (Å²) in [4.78, 5) is 12.0. The molecule has 0 atom stereocenters. The van der Waals surface area contributed by atoms with Gasteiger partial charge in [0.05, 0.1) is 6.54 Å². The van der Waals surface area contributed by atoms with Crippen LogP contribution >= 0.6 is 11.6 Å². The van der Waals surface area contributed by atoms with Crippen LogP contribution in [0.5, 0.6) is 0 Å². The van der Waals surface area contributed by atoms with Crippen LogP contribution in [0.4, 0.5) is 5.69 Å². The van der Waals surface area contributed by atoms with Gasteiger partial charge in [-0.25, -0.2) is 0 Å². The molecule has 3 nitrogen and oxygen atoms in total. The Kier molecular flexibility index (Phi) is 4.79. The Balaban J connectivity index is 1.73. The molecular formula is C19H17ClN2O. The van der Waals surface area contributed by atoms with Crippen LogP contribution in [0.3, 0.4) is 0 Å². The minimum Gasteiger partial charge on any atom is -0.381 e. The first-order valence-corrected chi connectivity index (χ1v) is 7.81. The number of nitrogens with zero attached hydrogens (tertiary/aromatic N) is 1. The molecule has 0 radical (unpaired) electrons. The van der Waals surface area contributed by atoms with E-state index in [9.17, 15) is 4.79 Å². The molecule has 23 heavy (non-hydrogen) atoms. The first-order valence-electron chi connectivity index (χ1n) is 7.43. The first-order chi connectivity index (χ1) is 11.2. The number of anilines is 1. The zero-order valence-corrected chi connectivity index (χ0v) is 13.3. The molecule has 0 saturated carbocycles. The largest absolute Gasteiger partial charge is 0.381 e. The van der Waals surface area contributed by atoms with Crippen LogP contribution in [-0.2, 0) is 13.1 Å². The minimum absolute atomic E-state index is 0.0107.